The predicted octanol–water partition coefficient (Wildman–Crippen LogP) is 8.71. The molecule has 0 unspecified atom stereocenters. The maximum atomic E-state index is 13.8. The first-order valence-corrected chi connectivity index (χ1v) is 16.8. The van der Waals surface area contributed by atoms with Crippen LogP contribution >= 0.6 is 86.9 Å². The third-order valence-electron chi connectivity index (χ3n) is 6.71. The van der Waals surface area contributed by atoms with Gasteiger partial charge in [-0.15, -0.1) is 0 Å². The Morgan fingerprint density at radius 2 is 1.32 bits per heavy atom. The molecule has 11 nitrogen and oxygen atoms in total. The molecule has 1 aliphatic rings. The number of halogens is 6. The van der Waals surface area contributed by atoms with E-state index in [1.807, 2.05) is 0 Å². The van der Waals surface area contributed by atoms with Crippen LogP contribution in [0.4, 0.5) is 5.69 Å². The van der Waals surface area contributed by atoms with Crippen LogP contribution in [0.2, 0.25) is 10.0 Å². The number of hydrogen-bond acceptors (Lipinski definition) is 8. The van der Waals surface area contributed by atoms with Crippen molar-refractivity contribution in [3.05, 3.63) is 133 Å². The van der Waals surface area contributed by atoms with Crippen molar-refractivity contribution in [3.8, 4) is 5.75 Å². The van der Waals surface area contributed by atoms with E-state index < -0.39 is 40.9 Å². The first-order valence-electron chi connectivity index (χ1n) is 12.8. The molecule has 238 valence electrons. The average Bonchev–Trinajstić information content (AvgIpc) is 3.30. The Hall–Kier alpha value is -3.47. The Bertz CT molecular complexity index is 2000. The molecule has 0 saturated heterocycles. The lowest BCUT2D eigenvalue weighted by atomic mass is 10.1. The van der Waals surface area contributed by atoms with Gasteiger partial charge in [-0.1, -0.05) is 23.2 Å². The lowest BCUT2D eigenvalue weighted by Gasteiger charge is -2.29. The lowest BCUT2D eigenvalue weighted by molar-refractivity contribution is -0.384. The zero-order valence-corrected chi connectivity index (χ0v) is 30.8. The molecule has 0 aliphatic carbocycles. The molecule has 3 amide bonds. The highest BCUT2D eigenvalue weighted by molar-refractivity contribution is 9.15. The summed E-state index contributed by atoms with van der Waals surface area (Å²) in [6.45, 7) is -0.793. The normalized spacial score (nSPS) is 12.2. The summed E-state index contributed by atoms with van der Waals surface area (Å²) in [4.78, 5) is 78.0. The van der Waals surface area contributed by atoms with Crippen molar-refractivity contribution in [1.29, 1.82) is 0 Å². The number of carbonyl (C=O) groups excluding carboxylic acids is 5. The number of non-ortho nitro benzene ring substituents is 1. The van der Waals surface area contributed by atoms with E-state index in [1.54, 1.807) is 0 Å². The Balaban J connectivity index is 1.46. The Kier molecular flexibility index (Phi) is 10.3. The van der Waals surface area contributed by atoms with Crippen molar-refractivity contribution in [2.75, 3.05) is 6.54 Å². The van der Waals surface area contributed by atoms with Crippen LogP contribution in [0.25, 0.3) is 0 Å². The smallest absolute Gasteiger partial charge is 0.345 e. The summed E-state index contributed by atoms with van der Waals surface area (Å²) in [5, 5.41) is 12.8. The lowest BCUT2D eigenvalue weighted by Crippen LogP contribution is -2.51. The Morgan fingerprint density at radius 3 is 1.83 bits per heavy atom. The van der Waals surface area contributed by atoms with Gasteiger partial charge in [-0.2, -0.15) is 5.01 Å². The number of fused-ring (bicyclic) bond motifs is 1. The van der Waals surface area contributed by atoms with E-state index in [9.17, 15) is 34.1 Å². The zero-order valence-electron chi connectivity index (χ0n) is 22.9. The van der Waals surface area contributed by atoms with E-state index in [0.29, 0.717) is 24.0 Å². The van der Waals surface area contributed by atoms with Gasteiger partial charge in [0.05, 0.1) is 26.6 Å². The second kappa shape index (κ2) is 13.9. The predicted molar refractivity (Wildman–Crippen MR) is 184 cm³/mol. The number of rotatable bonds is 8. The van der Waals surface area contributed by atoms with Crippen molar-refractivity contribution in [3.63, 3.8) is 0 Å². The quantitative estimate of drug-likeness (QED) is 0.0250. The van der Waals surface area contributed by atoms with Crippen molar-refractivity contribution in [2.24, 2.45) is 0 Å². The monoisotopic (exact) mass is 929 g/mol. The fourth-order valence-electron chi connectivity index (χ4n) is 4.42. The van der Waals surface area contributed by atoms with Crippen LogP contribution in [0.5, 0.6) is 5.75 Å². The van der Waals surface area contributed by atoms with Gasteiger partial charge in [0.25, 0.3) is 23.4 Å². The maximum absolute atomic E-state index is 13.8. The van der Waals surface area contributed by atoms with E-state index in [0.717, 1.165) is 24.3 Å². The molecule has 47 heavy (non-hydrogen) atoms. The Morgan fingerprint density at radius 1 is 0.787 bits per heavy atom. The Labute approximate surface area is 308 Å². The molecule has 5 rings (SSSR count). The van der Waals surface area contributed by atoms with Gasteiger partial charge in [0.2, 0.25) is 0 Å². The number of nitrogens with zero attached hydrogens (tertiary/aromatic N) is 3. The number of hydrogen-bond donors (Lipinski definition) is 0. The van der Waals surface area contributed by atoms with Crippen molar-refractivity contribution < 1.29 is 33.6 Å². The van der Waals surface area contributed by atoms with E-state index in [-0.39, 0.29) is 53.2 Å². The van der Waals surface area contributed by atoms with E-state index in [4.69, 9.17) is 27.9 Å². The largest absolute Gasteiger partial charge is 0.423 e. The van der Waals surface area contributed by atoms with Crippen molar-refractivity contribution in [2.45, 2.75) is 0 Å². The first-order chi connectivity index (χ1) is 22.2. The molecule has 0 N–H and O–H groups in total. The van der Waals surface area contributed by atoms with Gasteiger partial charge < -0.3 is 4.74 Å². The third-order valence-corrected chi connectivity index (χ3v) is 12.0. The number of benzene rings is 4. The molecule has 17 heteroatoms. The fraction of sp³-hybridized carbons (Fsp3) is 0.0333. The minimum atomic E-state index is -0.960. The maximum Gasteiger partial charge on any atom is 0.345 e. The number of ketones is 1. The molecule has 1 heterocycles. The molecule has 0 saturated carbocycles. The second-order valence-electron chi connectivity index (χ2n) is 9.56. The van der Waals surface area contributed by atoms with Crippen molar-refractivity contribution in [1.82, 2.24) is 10.0 Å². The molecule has 0 aromatic heterocycles. The molecular weight excluding hydrogens is 921 g/mol. The fourth-order valence-corrected chi connectivity index (χ4v) is 7.36. The highest BCUT2D eigenvalue weighted by Gasteiger charge is 2.46. The average molecular weight is 934 g/mol. The van der Waals surface area contributed by atoms with Gasteiger partial charge in [0.1, 0.15) is 12.3 Å². The van der Waals surface area contributed by atoms with Crippen LogP contribution in [0.1, 0.15) is 51.8 Å². The van der Waals surface area contributed by atoms with E-state index in [2.05, 4.69) is 63.7 Å². The zero-order chi connectivity index (χ0) is 34.3. The molecular formula is C30H13Br4Cl2N3O8. The van der Waals surface area contributed by atoms with Crippen LogP contribution in [-0.4, -0.2) is 51.0 Å². The van der Waals surface area contributed by atoms with Crippen molar-refractivity contribution >= 4 is 122 Å². The minimum Gasteiger partial charge on any atom is -0.423 e. The van der Waals surface area contributed by atoms with Gasteiger partial charge in [0.15, 0.2) is 5.78 Å². The molecule has 0 atom stereocenters. The molecule has 1 aliphatic heterocycles. The number of carbonyl (C=O) groups is 5. The minimum absolute atomic E-state index is 0.0419. The summed E-state index contributed by atoms with van der Waals surface area (Å²) in [6, 6.07) is 14.0. The summed E-state index contributed by atoms with van der Waals surface area (Å²) >= 11 is 25.3. The number of esters is 1. The van der Waals surface area contributed by atoms with Crippen LogP contribution in [0, 0.1) is 10.1 Å². The molecule has 0 bridgehead atoms. The van der Waals surface area contributed by atoms with Gasteiger partial charge in [-0.25, -0.2) is 9.80 Å². The second-order valence-corrected chi connectivity index (χ2v) is 13.6. The number of imide groups is 1. The number of Topliss-reactive ketones (excluding diaryl/α,β-unsaturated/α-hetero) is 1. The first kappa shape index (κ1) is 34.9. The van der Waals surface area contributed by atoms with Gasteiger partial charge in [0, 0.05) is 46.2 Å². The van der Waals surface area contributed by atoms with Crippen LogP contribution < -0.4 is 4.74 Å². The number of amides is 3. The highest BCUT2D eigenvalue weighted by Crippen LogP contribution is 2.45. The molecule has 0 spiro atoms. The SMILES string of the molecule is O=C(CN(C(=O)c1ccc([N+](=O)[O-])cc1)N1C(=O)c2c(Br)c(Br)c(Br)c(Br)c2C1=O)c1ccc(OC(=O)c2ccc(Cl)cc2Cl)cc1. The molecule has 4 aromatic rings. The van der Waals surface area contributed by atoms with E-state index >= 15 is 0 Å². The summed E-state index contributed by atoms with van der Waals surface area (Å²) in [7, 11) is 0. The summed E-state index contributed by atoms with van der Waals surface area (Å²) in [6.07, 6.45) is 0. The van der Waals surface area contributed by atoms with Gasteiger partial charge in [-0.3, -0.25) is 29.3 Å². The number of hydrazine groups is 1. The molecule has 0 radical (unpaired) electrons. The van der Waals surface area contributed by atoms with Gasteiger partial charge >= 0.3 is 5.97 Å². The van der Waals surface area contributed by atoms with E-state index in [1.165, 1.54) is 42.5 Å². The number of nitro groups is 1. The van der Waals surface area contributed by atoms with Crippen LogP contribution in [0.3, 0.4) is 0 Å². The summed E-state index contributed by atoms with van der Waals surface area (Å²) < 4.78 is 6.61. The number of ether oxygens (including phenoxy) is 1. The van der Waals surface area contributed by atoms with Crippen LogP contribution in [-0.2, 0) is 0 Å². The van der Waals surface area contributed by atoms with Crippen LogP contribution in [0.15, 0.2) is 84.6 Å². The van der Waals surface area contributed by atoms with Gasteiger partial charge in [-0.05, 0) is 118 Å². The summed E-state index contributed by atoms with van der Waals surface area (Å²) in [5.74, 6) is -4.17. The number of nitro benzene ring substituents is 1. The highest BCUT2D eigenvalue weighted by atomic mass is 79.9. The topological polar surface area (TPSA) is 144 Å². The third kappa shape index (κ3) is 6.78. The summed E-state index contributed by atoms with van der Waals surface area (Å²) in [5.41, 5.74) is -0.471. The molecule has 4 aromatic carbocycles. The standard InChI is InChI=1S/C30H13Br4Cl2N3O8/c31-23-21-22(24(32)26(34)25(23)33)29(43)38(28(21)42)37(27(41)14-1-6-16(7-2-14)39(45)46)12-20(40)13-3-8-17(9-4-13)47-30(44)18-10-5-15(35)11-19(18)36/h1-11H,12H2. The molecule has 0 fully saturated rings.